The number of piperidine rings is 1. The van der Waals surface area contributed by atoms with Crippen LogP contribution < -0.4 is 4.74 Å². The van der Waals surface area contributed by atoms with Gasteiger partial charge in [-0.05, 0) is 55.8 Å². The summed E-state index contributed by atoms with van der Waals surface area (Å²) in [5.74, 6) is 2.73. The summed E-state index contributed by atoms with van der Waals surface area (Å²) in [6.45, 7) is 2.55. The molecule has 0 aliphatic carbocycles. The van der Waals surface area contributed by atoms with E-state index in [4.69, 9.17) is 4.74 Å². The Kier molecular flexibility index (Phi) is 5.30. The molecular weight excluding hydrogens is 338 g/mol. The van der Waals surface area contributed by atoms with Crippen molar-refractivity contribution in [3.05, 3.63) is 78.4 Å². The number of ketones is 1. The van der Waals surface area contributed by atoms with Crippen molar-refractivity contribution in [3.8, 4) is 11.5 Å². The molecule has 1 unspecified atom stereocenters. The number of ether oxygens (including phenoxy) is 1. The highest BCUT2D eigenvalue weighted by Crippen LogP contribution is 2.25. The number of carbonyl (C=O) groups excluding carboxylic acids is 1. The number of nitrogens with one attached hydrogen (secondary N) is 1. The molecule has 0 bridgehead atoms. The van der Waals surface area contributed by atoms with Crippen LogP contribution >= 0.6 is 0 Å². The van der Waals surface area contributed by atoms with Crippen LogP contribution in [0.2, 0.25) is 0 Å². The molecular formula is C22H23N3O2. The molecule has 1 fully saturated rings. The van der Waals surface area contributed by atoms with Gasteiger partial charge in [-0.2, -0.15) is 0 Å². The first-order valence-corrected chi connectivity index (χ1v) is 9.36. The van der Waals surface area contributed by atoms with Crippen LogP contribution in [0.5, 0.6) is 11.5 Å². The molecule has 2 heterocycles. The molecule has 0 amide bonds. The lowest BCUT2D eigenvalue weighted by molar-refractivity contribution is 0.0808. The standard InChI is InChI=1S/C22H23N3O2/c26-22(18-5-4-14-25(15-18)16-21-23-12-13-24-21)17-8-10-20(11-9-17)27-19-6-2-1-3-7-19/h1-3,6-13,18H,4-5,14-16H2,(H,23,24). The van der Waals surface area contributed by atoms with Gasteiger partial charge in [0.1, 0.15) is 17.3 Å². The topological polar surface area (TPSA) is 58.2 Å². The number of H-pyrrole nitrogens is 1. The van der Waals surface area contributed by atoms with E-state index < -0.39 is 0 Å². The number of rotatable bonds is 6. The van der Waals surface area contributed by atoms with Crippen molar-refractivity contribution in [2.24, 2.45) is 5.92 Å². The number of likely N-dealkylation sites (tertiary alicyclic amines) is 1. The van der Waals surface area contributed by atoms with Crippen LogP contribution in [0.3, 0.4) is 0 Å². The Labute approximate surface area is 159 Å². The van der Waals surface area contributed by atoms with Gasteiger partial charge in [0.25, 0.3) is 0 Å². The molecule has 5 heteroatoms. The van der Waals surface area contributed by atoms with E-state index in [0.29, 0.717) is 0 Å². The second-order valence-electron chi connectivity index (χ2n) is 6.91. The number of hydrogen-bond donors (Lipinski definition) is 1. The SMILES string of the molecule is O=C(c1ccc(Oc2ccccc2)cc1)C1CCCN(Cc2ncc[nH]2)C1. The average Bonchev–Trinajstić information content (AvgIpc) is 3.22. The zero-order chi connectivity index (χ0) is 18.5. The molecule has 1 aliphatic rings. The van der Waals surface area contributed by atoms with E-state index in [9.17, 15) is 4.79 Å². The Hall–Kier alpha value is -2.92. The molecule has 1 saturated heterocycles. The van der Waals surface area contributed by atoms with Crippen LogP contribution in [-0.4, -0.2) is 33.7 Å². The molecule has 4 rings (SSSR count). The van der Waals surface area contributed by atoms with E-state index >= 15 is 0 Å². The van der Waals surface area contributed by atoms with Crippen LogP contribution in [0.1, 0.15) is 29.0 Å². The molecule has 0 radical (unpaired) electrons. The first-order valence-electron chi connectivity index (χ1n) is 9.36. The van der Waals surface area contributed by atoms with E-state index in [1.54, 1.807) is 6.20 Å². The van der Waals surface area contributed by atoms with Gasteiger partial charge in [0, 0.05) is 30.4 Å². The van der Waals surface area contributed by atoms with Crippen molar-refractivity contribution in [2.75, 3.05) is 13.1 Å². The fraction of sp³-hybridized carbons (Fsp3) is 0.273. The van der Waals surface area contributed by atoms with Crippen molar-refractivity contribution in [1.29, 1.82) is 0 Å². The Morgan fingerprint density at radius 2 is 1.89 bits per heavy atom. The Bertz CT molecular complexity index is 860. The number of aromatic amines is 1. The fourth-order valence-corrected chi connectivity index (χ4v) is 3.56. The van der Waals surface area contributed by atoms with Gasteiger partial charge in [0.15, 0.2) is 5.78 Å². The molecule has 1 atom stereocenters. The van der Waals surface area contributed by atoms with Crippen molar-refractivity contribution in [3.63, 3.8) is 0 Å². The van der Waals surface area contributed by atoms with E-state index in [-0.39, 0.29) is 11.7 Å². The van der Waals surface area contributed by atoms with Gasteiger partial charge in [-0.1, -0.05) is 18.2 Å². The second-order valence-corrected chi connectivity index (χ2v) is 6.91. The normalized spacial score (nSPS) is 17.6. The van der Waals surface area contributed by atoms with Gasteiger partial charge in [-0.15, -0.1) is 0 Å². The molecule has 1 aromatic heterocycles. The molecule has 2 aromatic carbocycles. The Morgan fingerprint density at radius 3 is 2.63 bits per heavy atom. The number of benzene rings is 2. The number of nitrogens with zero attached hydrogens (tertiary/aromatic N) is 2. The minimum Gasteiger partial charge on any atom is -0.457 e. The zero-order valence-corrected chi connectivity index (χ0v) is 15.2. The number of aromatic nitrogens is 2. The molecule has 0 spiro atoms. The zero-order valence-electron chi connectivity index (χ0n) is 15.2. The smallest absolute Gasteiger partial charge is 0.167 e. The average molecular weight is 361 g/mol. The van der Waals surface area contributed by atoms with Gasteiger partial charge in [0.05, 0.1) is 6.54 Å². The van der Waals surface area contributed by atoms with E-state index in [1.807, 2.05) is 60.8 Å². The maximum absolute atomic E-state index is 12.9. The summed E-state index contributed by atoms with van der Waals surface area (Å²) in [5, 5.41) is 0. The predicted molar refractivity (Wildman–Crippen MR) is 104 cm³/mol. The lowest BCUT2D eigenvalue weighted by Gasteiger charge is -2.31. The molecule has 1 aliphatic heterocycles. The third kappa shape index (κ3) is 4.44. The van der Waals surface area contributed by atoms with Crippen LogP contribution in [0.25, 0.3) is 0 Å². The highest BCUT2D eigenvalue weighted by atomic mass is 16.5. The van der Waals surface area contributed by atoms with Gasteiger partial charge >= 0.3 is 0 Å². The molecule has 0 saturated carbocycles. The lowest BCUT2D eigenvalue weighted by Crippen LogP contribution is -2.38. The minimum absolute atomic E-state index is 0.0367. The van der Waals surface area contributed by atoms with Crippen LogP contribution in [0.4, 0.5) is 0 Å². The quantitative estimate of drug-likeness (QED) is 0.665. The molecule has 138 valence electrons. The largest absolute Gasteiger partial charge is 0.457 e. The highest BCUT2D eigenvalue weighted by Gasteiger charge is 2.26. The summed E-state index contributed by atoms with van der Waals surface area (Å²) in [6.07, 6.45) is 5.57. The van der Waals surface area contributed by atoms with E-state index in [2.05, 4.69) is 14.9 Å². The van der Waals surface area contributed by atoms with Crippen LogP contribution in [-0.2, 0) is 6.54 Å². The van der Waals surface area contributed by atoms with Crippen LogP contribution in [0, 0.1) is 5.92 Å². The monoisotopic (exact) mass is 361 g/mol. The number of para-hydroxylation sites is 1. The minimum atomic E-state index is 0.0367. The van der Waals surface area contributed by atoms with Crippen molar-refractivity contribution < 1.29 is 9.53 Å². The maximum atomic E-state index is 12.9. The molecule has 5 nitrogen and oxygen atoms in total. The van der Waals surface area contributed by atoms with Crippen molar-refractivity contribution in [2.45, 2.75) is 19.4 Å². The Balaban J connectivity index is 1.38. The number of imidazole rings is 1. The van der Waals surface area contributed by atoms with Crippen LogP contribution in [0.15, 0.2) is 67.0 Å². The molecule has 3 aromatic rings. The number of Topliss-reactive ketones (excluding diaryl/α,β-unsaturated/α-hetero) is 1. The van der Waals surface area contributed by atoms with E-state index in [0.717, 1.165) is 55.4 Å². The summed E-state index contributed by atoms with van der Waals surface area (Å²) in [5.41, 5.74) is 0.750. The van der Waals surface area contributed by atoms with Crippen molar-refractivity contribution in [1.82, 2.24) is 14.9 Å². The second kappa shape index (κ2) is 8.18. The summed E-state index contributed by atoms with van der Waals surface area (Å²) in [6, 6.07) is 17.1. The van der Waals surface area contributed by atoms with Gasteiger partial charge in [-0.25, -0.2) is 4.98 Å². The van der Waals surface area contributed by atoms with Gasteiger partial charge < -0.3 is 9.72 Å². The Morgan fingerprint density at radius 1 is 1.11 bits per heavy atom. The lowest BCUT2D eigenvalue weighted by atomic mass is 9.90. The highest BCUT2D eigenvalue weighted by molar-refractivity contribution is 5.98. The van der Waals surface area contributed by atoms with Crippen molar-refractivity contribution >= 4 is 5.78 Å². The van der Waals surface area contributed by atoms with Gasteiger partial charge in [0.2, 0.25) is 0 Å². The molecule has 1 N–H and O–H groups in total. The summed E-state index contributed by atoms with van der Waals surface area (Å²) in [7, 11) is 0. The third-order valence-corrected chi connectivity index (χ3v) is 4.92. The predicted octanol–water partition coefficient (Wildman–Crippen LogP) is 4.30. The molecule has 27 heavy (non-hydrogen) atoms. The fourth-order valence-electron chi connectivity index (χ4n) is 3.56. The number of hydrogen-bond acceptors (Lipinski definition) is 4. The first kappa shape index (κ1) is 17.5. The van der Waals surface area contributed by atoms with E-state index in [1.165, 1.54) is 0 Å². The summed E-state index contributed by atoms with van der Waals surface area (Å²) >= 11 is 0. The summed E-state index contributed by atoms with van der Waals surface area (Å²) in [4.78, 5) is 22.7. The summed E-state index contributed by atoms with van der Waals surface area (Å²) < 4.78 is 5.80. The van der Waals surface area contributed by atoms with Gasteiger partial charge in [-0.3, -0.25) is 9.69 Å². The maximum Gasteiger partial charge on any atom is 0.167 e. The number of carbonyl (C=O) groups is 1. The third-order valence-electron chi connectivity index (χ3n) is 4.92. The first-order chi connectivity index (χ1) is 13.3.